The van der Waals surface area contributed by atoms with Crippen LogP contribution in [0.25, 0.3) is 0 Å². The summed E-state index contributed by atoms with van der Waals surface area (Å²) in [4.78, 5) is 14.5. The number of ketones is 1. The first kappa shape index (κ1) is 6.49. The third-order valence-corrected chi connectivity index (χ3v) is 1.60. The van der Waals surface area contributed by atoms with Crippen molar-refractivity contribution >= 4 is 23.6 Å². The van der Waals surface area contributed by atoms with Crippen molar-refractivity contribution in [1.29, 1.82) is 0 Å². The molecule has 1 rings (SSSR count). The molecule has 0 bridgehead atoms. The predicted octanol–water partition coefficient (Wildman–Crippen LogP) is 1.15. The largest absolute Gasteiger partial charge is 0.292 e. The molecule has 0 atom stereocenters. The molecule has 0 aromatic rings. The Kier molecular flexibility index (Phi) is 1.67. The number of rotatable bonds is 0. The molecule has 0 spiro atoms. The van der Waals surface area contributed by atoms with Crippen LogP contribution in [0.1, 0.15) is 6.92 Å². The van der Waals surface area contributed by atoms with Crippen molar-refractivity contribution in [1.82, 2.24) is 0 Å². The molecule has 0 unspecified atom stereocenters. The van der Waals surface area contributed by atoms with E-state index >= 15 is 0 Å². The molecule has 0 aromatic carbocycles. The van der Waals surface area contributed by atoms with Gasteiger partial charge >= 0.3 is 0 Å². The molecule has 1 aliphatic heterocycles. The van der Waals surface area contributed by atoms with E-state index in [1.807, 2.05) is 0 Å². The minimum absolute atomic E-state index is 0.0162. The summed E-state index contributed by atoms with van der Waals surface area (Å²) in [6.45, 7) is 1.96. The zero-order chi connectivity index (χ0) is 6.85. The molecule has 48 valence electrons. The number of hydrogen-bond acceptors (Lipinski definition) is 2. The van der Waals surface area contributed by atoms with Crippen molar-refractivity contribution in [3.63, 3.8) is 0 Å². The number of carbonyl (C=O) groups excluding carboxylic acids is 1. The van der Waals surface area contributed by atoms with Crippen LogP contribution in [-0.4, -0.2) is 18.5 Å². The van der Waals surface area contributed by atoms with Gasteiger partial charge in [0.2, 0.25) is 0 Å². The fourth-order valence-electron chi connectivity index (χ4n) is 0.557. The van der Waals surface area contributed by atoms with Gasteiger partial charge in [0, 0.05) is 11.8 Å². The summed E-state index contributed by atoms with van der Waals surface area (Å²) in [5.41, 5.74) is 0.617. The predicted molar refractivity (Wildman–Crippen MR) is 36.9 cm³/mol. The normalized spacial score (nSPS) is 19.1. The Hall–Kier alpha value is -0.630. The lowest BCUT2D eigenvalue weighted by atomic mass is 10.1. The number of halogens is 1. The van der Waals surface area contributed by atoms with E-state index in [2.05, 4.69) is 4.99 Å². The molecule has 9 heavy (non-hydrogen) atoms. The molecular formula is C6H6ClNO. The first-order chi connectivity index (χ1) is 4.22. The lowest BCUT2D eigenvalue weighted by Crippen LogP contribution is -2.10. The van der Waals surface area contributed by atoms with E-state index in [1.165, 1.54) is 6.21 Å². The molecule has 2 nitrogen and oxygen atoms in total. The van der Waals surface area contributed by atoms with Crippen molar-refractivity contribution in [3.8, 4) is 0 Å². The third kappa shape index (κ3) is 1.19. The number of carbonyl (C=O) groups is 1. The second kappa shape index (κ2) is 2.31. The van der Waals surface area contributed by atoms with Crippen molar-refractivity contribution in [2.24, 2.45) is 4.99 Å². The van der Waals surface area contributed by atoms with E-state index in [9.17, 15) is 4.79 Å². The summed E-state index contributed by atoms with van der Waals surface area (Å²) in [6.07, 6.45) is 1.51. The molecule has 0 saturated carbocycles. The summed E-state index contributed by atoms with van der Waals surface area (Å²) < 4.78 is 0. The van der Waals surface area contributed by atoms with Gasteiger partial charge in [-0.3, -0.25) is 9.79 Å². The Labute approximate surface area is 58.2 Å². The van der Waals surface area contributed by atoms with Crippen LogP contribution in [-0.2, 0) is 4.79 Å². The zero-order valence-electron chi connectivity index (χ0n) is 5.02. The number of hydrogen-bond donors (Lipinski definition) is 0. The molecule has 0 saturated heterocycles. The topological polar surface area (TPSA) is 29.4 Å². The average Bonchev–Trinajstić information content (AvgIpc) is 1.83. The highest BCUT2D eigenvalue weighted by atomic mass is 35.5. The van der Waals surface area contributed by atoms with E-state index in [0.29, 0.717) is 10.6 Å². The van der Waals surface area contributed by atoms with Crippen molar-refractivity contribution in [3.05, 3.63) is 10.6 Å². The fraction of sp³-hybridized carbons (Fsp3) is 0.333. The maximum Gasteiger partial charge on any atom is 0.181 e. The highest BCUT2D eigenvalue weighted by Crippen LogP contribution is 2.11. The molecule has 0 amide bonds. The lowest BCUT2D eigenvalue weighted by Gasteiger charge is -2.02. The van der Waals surface area contributed by atoms with Gasteiger partial charge in [-0.2, -0.15) is 0 Å². The summed E-state index contributed by atoms with van der Waals surface area (Å²) in [5, 5.41) is 0.464. The Bertz CT molecular complexity index is 205. The van der Waals surface area contributed by atoms with Gasteiger partial charge in [-0.05, 0) is 6.92 Å². The van der Waals surface area contributed by atoms with E-state index in [-0.39, 0.29) is 12.3 Å². The van der Waals surface area contributed by atoms with Gasteiger partial charge in [-0.15, -0.1) is 0 Å². The second-order valence-electron chi connectivity index (χ2n) is 1.87. The molecule has 1 heterocycles. The summed E-state index contributed by atoms with van der Waals surface area (Å²) in [5.74, 6) is 0.0162. The molecule has 1 aliphatic rings. The molecule has 3 heteroatoms. The Morgan fingerprint density at radius 3 is 2.89 bits per heavy atom. The van der Waals surface area contributed by atoms with Gasteiger partial charge in [0.1, 0.15) is 6.54 Å². The van der Waals surface area contributed by atoms with Gasteiger partial charge in [0.05, 0.1) is 5.03 Å². The van der Waals surface area contributed by atoms with Gasteiger partial charge in [0.25, 0.3) is 0 Å². The number of aliphatic imine (C=N–C) groups is 1. The molecule has 0 aliphatic carbocycles. The monoisotopic (exact) mass is 143 g/mol. The van der Waals surface area contributed by atoms with Crippen LogP contribution < -0.4 is 0 Å². The van der Waals surface area contributed by atoms with Gasteiger partial charge in [0.15, 0.2) is 5.78 Å². The standard InChI is InChI=1S/C6H6ClNO/c1-4-5(7)2-8-3-6(4)9/h2H,3H2,1H3. The minimum atomic E-state index is 0.0162. The maximum absolute atomic E-state index is 10.7. The van der Waals surface area contributed by atoms with E-state index in [1.54, 1.807) is 6.92 Å². The Morgan fingerprint density at radius 1 is 1.78 bits per heavy atom. The van der Waals surface area contributed by atoms with Gasteiger partial charge < -0.3 is 0 Å². The van der Waals surface area contributed by atoms with Crippen LogP contribution in [0.15, 0.2) is 15.6 Å². The first-order valence-corrected chi connectivity index (χ1v) is 2.99. The van der Waals surface area contributed by atoms with Gasteiger partial charge in [-0.1, -0.05) is 11.6 Å². The highest BCUT2D eigenvalue weighted by Gasteiger charge is 2.10. The molecule has 0 radical (unpaired) electrons. The van der Waals surface area contributed by atoms with Crippen LogP contribution >= 0.6 is 11.6 Å². The lowest BCUT2D eigenvalue weighted by molar-refractivity contribution is -0.114. The smallest absolute Gasteiger partial charge is 0.181 e. The molecule has 0 fully saturated rings. The third-order valence-electron chi connectivity index (χ3n) is 1.22. The fourth-order valence-corrected chi connectivity index (χ4v) is 0.732. The van der Waals surface area contributed by atoms with E-state index in [4.69, 9.17) is 11.6 Å². The van der Waals surface area contributed by atoms with Crippen molar-refractivity contribution < 1.29 is 4.79 Å². The Morgan fingerprint density at radius 2 is 2.44 bits per heavy atom. The number of allylic oxidation sites excluding steroid dienone is 1. The minimum Gasteiger partial charge on any atom is -0.292 e. The molecule has 0 N–H and O–H groups in total. The average molecular weight is 144 g/mol. The summed E-state index contributed by atoms with van der Waals surface area (Å²) >= 11 is 5.57. The quantitative estimate of drug-likeness (QED) is 0.500. The Balaban J connectivity index is 2.97. The zero-order valence-corrected chi connectivity index (χ0v) is 5.77. The number of dihydropyridines is 1. The van der Waals surface area contributed by atoms with Crippen molar-refractivity contribution in [2.75, 3.05) is 6.54 Å². The summed E-state index contributed by atoms with van der Waals surface area (Å²) in [7, 11) is 0. The van der Waals surface area contributed by atoms with Gasteiger partial charge in [-0.25, -0.2) is 0 Å². The second-order valence-corrected chi connectivity index (χ2v) is 2.27. The highest BCUT2D eigenvalue weighted by molar-refractivity contribution is 6.42. The number of Topliss-reactive ketones (excluding diaryl/α,β-unsaturated/α-hetero) is 1. The van der Waals surface area contributed by atoms with E-state index < -0.39 is 0 Å². The first-order valence-electron chi connectivity index (χ1n) is 2.61. The molecule has 0 aromatic heterocycles. The summed E-state index contributed by atoms with van der Waals surface area (Å²) in [6, 6.07) is 0. The number of nitrogens with zero attached hydrogens (tertiary/aromatic N) is 1. The van der Waals surface area contributed by atoms with Crippen LogP contribution in [0.5, 0.6) is 0 Å². The van der Waals surface area contributed by atoms with Crippen molar-refractivity contribution in [2.45, 2.75) is 6.92 Å². The van der Waals surface area contributed by atoms with Crippen LogP contribution in [0.2, 0.25) is 0 Å². The van der Waals surface area contributed by atoms with Crippen LogP contribution in [0.4, 0.5) is 0 Å². The molecular weight excluding hydrogens is 138 g/mol. The van der Waals surface area contributed by atoms with Crippen LogP contribution in [0, 0.1) is 0 Å². The van der Waals surface area contributed by atoms with E-state index in [0.717, 1.165) is 0 Å². The van der Waals surface area contributed by atoms with Crippen LogP contribution in [0.3, 0.4) is 0 Å². The SMILES string of the molecule is CC1=C(Cl)C=NCC1=O. The maximum atomic E-state index is 10.7.